The zero-order valence-electron chi connectivity index (χ0n) is 44.7. The number of rotatable bonds is 47. The number of quaternary nitrogens is 1. The normalized spacial score (nSPS) is 14.7. The van der Waals surface area contributed by atoms with Crippen molar-refractivity contribution in [2.45, 2.75) is 213 Å². The Labute approximate surface area is 423 Å². The van der Waals surface area contributed by atoms with Crippen molar-refractivity contribution in [3.8, 4) is 0 Å². The lowest BCUT2D eigenvalue weighted by atomic mass is 10.0. The van der Waals surface area contributed by atoms with Crippen molar-refractivity contribution in [1.29, 1.82) is 0 Å². The van der Waals surface area contributed by atoms with E-state index in [0.717, 1.165) is 83.5 Å². The predicted molar refractivity (Wildman–Crippen MR) is 293 cm³/mol. The van der Waals surface area contributed by atoms with E-state index in [0.29, 0.717) is 23.9 Å². The van der Waals surface area contributed by atoms with Crippen LogP contribution in [0.5, 0.6) is 0 Å². The summed E-state index contributed by atoms with van der Waals surface area (Å²) < 4.78 is 30.1. The molecular weight excluding hydrogens is 880 g/mol. The highest BCUT2D eigenvalue weighted by Gasteiger charge is 2.27. The molecule has 0 saturated heterocycles. The van der Waals surface area contributed by atoms with Crippen LogP contribution in [0.1, 0.15) is 201 Å². The number of nitrogens with one attached hydrogen (secondary N) is 1. The summed E-state index contributed by atoms with van der Waals surface area (Å²) in [6.07, 6.45) is 64.8. The summed E-state index contributed by atoms with van der Waals surface area (Å²) in [5, 5.41) is 2.98. The van der Waals surface area contributed by atoms with E-state index < -0.39 is 26.6 Å². The smallest absolute Gasteiger partial charge is 0.306 e. The number of hydrogen-bond donors (Lipinski definition) is 1. The Morgan fingerprint density at radius 2 is 1.00 bits per heavy atom. The van der Waals surface area contributed by atoms with Crippen LogP contribution in [0, 0.1) is 0 Å². The van der Waals surface area contributed by atoms with Crippen LogP contribution in [-0.4, -0.2) is 69.4 Å². The van der Waals surface area contributed by atoms with Crippen LogP contribution < -0.4 is 10.2 Å². The highest BCUT2D eigenvalue weighted by atomic mass is 31.2. The molecule has 0 rings (SSSR count). The molecule has 0 saturated carbocycles. The molecule has 3 atom stereocenters. The molecule has 0 bridgehead atoms. The standard InChI is InChI=1S/C59H101N2O7P/c1-7-10-13-16-19-22-25-28-30-31-32-33-36-39-42-45-48-51-58(62)60-56(55-67-69(64,65)66-54-53-61(4,5)6)57(50-47-44-41-38-35-27-24-21-18-15-12-9-3)68-59(63)52-49-46-43-40-37-34-29-26-23-20-17-14-11-8-2/h10-11,13-14,16,19-20,22-23,25,28,30-33,36,47,50,56-57H,7-9,12,15,17-18,21,24,26-27,29,34-35,37-46,48-49,51-55H2,1-6H3,(H-,60,62,64,65)/b13-10-,14-11+,19-16+,23-20+,25-22+,30-28-,32-31+,36-33+,50-47+. The molecule has 0 spiro atoms. The van der Waals surface area contributed by atoms with Gasteiger partial charge in [0, 0.05) is 12.8 Å². The average molecular weight is 981 g/mol. The van der Waals surface area contributed by atoms with E-state index in [9.17, 15) is 19.0 Å². The number of likely N-dealkylation sites (N-methyl/N-ethyl adjacent to an activating group) is 1. The molecule has 0 aliphatic heterocycles. The number of nitrogens with zero attached hydrogens (tertiary/aromatic N) is 1. The summed E-state index contributed by atoms with van der Waals surface area (Å²) in [6.45, 7) is 6.52. The first-order valence-electron chi connectivity index (χ1n) is 27.3. The van der Waals surface area contributed by atoms with E-state index in [4.69, 9.17) is 13.8 Å². The lowest BCUT2D eigenvalue weighted by Gasteiger charge is -2.30. The van der Waals surface area contributed by atoms with Crippen LogP contribution in [0.4, 0.5) is 0 Å². The van der Waals surface area contributed by atoms with Crippen molar-refractivity contribution in [2.24, 2.45) is 0 Å². The highest BCUT2D eigenvalue weighted by Crippen LogP contribution is 2.38. The molecule has 0 heterocycles. The van der Waals surface area contributed by atoms with Crippen LogP contribution in [0.3, 0.4) is 0 Å². The van der Waals surface area contributed by atoms with E-state index in [-0.39, 0.29) is 31.3 Å². The number of allylic oxidation sites excluding steroid dienone is 17. The topological polar surface area (TPSA) is 114 Å². The monoisotopic (exact) mass is 981 g/mol. The van der Waals surface area contributed by atoms with E-state index in [1.165, 1.54) is 70.6 Å². The molecule has 3 unspecified atom stereocenters. The van der Waals surface area contributed by atoms with E-state index in [1.54, 1.807) is 0 Å². The van der Waals surface area contributed by atoms with Gasteiger partial charge in [0.05, 0.1) is 33.8 Å². The fourth-order valence-corrected chi connectivity index (χ4v) is 7.90. The third-order valence-electron chi connectivity index (χ3n) is 11.4. The molecule has 0 aromatic heterocycles. The lowest BCUT2D eigenvalue weighted by molar-refractivity contribution is -0.870. The van der Waals surface area contributed by atoms with E-state index in [2.05, 4.69) is 62.5 Å². The Hall–Kier alpha value is -3.33. The molecule has 0 aliphatic carbocycles. The van der Waals surface area contributed by atoms with Gasteiger partial charge in [0.1, 0.15) is 19.3 Å². The van der Waals surface area contributed by atoms with E-state index >= 15 is 0 Å². The van der Waals surface area contributed by atoms with Crippen LogP contribution in [0.15, 0.2) is 109 Å². The van der Waals surface area contributed by atoms with E-state index in [1.807, 2.05) is 94.1 Å². The molecule has 0 aromatic rings. The van der Waals surface area contributed by atoms with Gasteiger partial charge in [0.25, 0.3) is 7.82 Å². The minimum absolute atomic E-state index is 0.0389. The molecule has 10 heteroatoms. The van der Waals surface area contributed by atoms with Crippen LogP contribution in [-0.2, 0) is 27.9 Å². The van der Waals surface area contributed by atoms with Gasteiger partial charge in [-0.3, -0.25) is 14.2 Å². The fraction of sp³-hybridized carbons (Fsp3) is 0.661. The third-order valence-corrected chi connectivity index (χ3v) is 12.3. The summed E-state index contributed by atoms with van der Waals surface area (Å²) >= 11 is 0. The molecule has 0 aromatic carbocycles. The minimum Gasteiger partial charge on any atom is -0.756 e. The van der Waals surface area contributed by atoms with Gasteiger partial charge in [-0.25, -0.2) is 0 Å². The van der Waals surface area contributed by atoms with Crippen molar-refractivity contribution >= 4 is 19.7 Å². The first kappa shape index (κ1) is 65.7. The van der Waals surface area contributed by atoms with Gasteiger partial charge >= 0.3 is 5.97 Å². The maximum absolute atomic E-state index is 13.4. The maximum atomic E-state index is 13.4. The number of unbranched alkanes of at least 4 members (excludes halogenated alkanes) is 20. The van der Waals surface area contributed by atoms with Gasteiger partial charge in [-0.05, 0) is 76.7 Å². The molecule has 0 fully saturated rings. The number of amides is 1. The fourth-order valence-electron chi connectivity index (χ4n) is 7.18. The molecule has 1 amide bonds. The second kappa shape index (κ2) is 48.3. The molecular formula is C59H101N2O7P. The van der Waals surface area contributed by atoms with Gasteiger partial charge in [0.2, 0.25) is 5.91 Å². The van der Waals surface area contributed by atoms with Crippen molar-refractivity contribution in [2.75, 3.05) is 40.9 Å². The minimum atomic E-state index is -4.71. The van der Waals surface area contributed by atoms with Gasteiger partial charge in [-0.1, -0.05) is 220 Å². The largest absolute Gasteiger partial charge is 0.756 e. The van der Waals surface area contributed by atoms with Gasteiger partial charge in [0.15, 0.2) is 0 Å². The van der Waals surface area contributed by atoms with Crippen molar-refractivity contribution in [3.63, 3.8) is 0 Å². The Morgan fingerprint density at radius 3 is 1.57 bits per heavy atom. The van der Waals surface area contributed by atoms with Crippen LogP contribution in [0.25, 0.3) is 0 Å². The lowest BCUT2D eigenvalue weighted by Crippen LogP contribution is -2.47. The predicted octanol–water partition coefficient (Wildman–Crippen LogP) is 15.6. The van der Waals surface area contributed by atoms with Crippen molar-refractivity contribution in [1.82, 2.24) is 5.32 Å². The summed E-state index contributed by atoms with van der Waals surface area (Å²) in [5.74, 6) is -0.612. The molecule has 0 radical (unpaired) electrons. The first-order valence-corrected chi connectivity index (χ1v) is 28.7. The van der Waals surface area contributed by atoms with Gasteiger partial charge in [-0.15, -0.1) is 0 Å². The van der Waals surface area contributed by atoms with Crippen LogP contribution in [0.2, 0.25) is 0 Å². The zero-order valence-corrected chi connectivity index (χ0v) is 45.6. The number of carbonyl (C=O) groups excluding carboxylic acids is 2. The quantitative estimate of drug-likeness (QED) is 0.0161. The second-order valence-corrected chi connectivity index (χ2v) is 20.5. The maximum Gasteiger partial charge on any atom is 0.306 e. The number of carbonyl (C=O) groups is 2. The second-order valence-electron chi connectivity index (χ2n) is 19.1. The molecule has 1 N–H and O–H groups in total. The first-order chi connectivity index (χ1) is 33.4. The molecule has 9 nitrogen and oxygen atoms in total. The SMILES string of the molecule is CC\C=C/C=C/C=C/C=C\C=C\C=C\CCCCCC(=O)NC(COP(=O)([O-])OCC[N+](C)(C)C)C(/C=C/CCCCCCCCCCCC)OC(=O)CCCCCCCCC/C=C/C/C=C/CC. The van der Waals surface area contributed by atoms with Gasteiger partial charge in [-0.2, -0.15) is 0 Å². The third kappa shape index (κ3) is 49.4. The number of ether oxygens (including phenoxy) is 1. The van der Waals surface area contributed by atoms with Crippen molar-refractivity contribution < 1.29 is 37.3 Å². The Bertz CT molecular complexity index is 1550. The van der Waals surface area contributed by atoms with Crippen LogP contribution >= 0.6 is 7.82 Å². The summed E-state index contributed by atoms with van der Waals surface area (Å²) in [6, 6.07) is -0.920. The molecule has 69 heavy (non-hydrogen) atoms. The van der Waals surface area contributed by atoms with Crippen molar-refractivity contribution in [3.05, 3.63) is 109 Å². The molecule has 0 aliphatic rings. The Kier molecular flexibility index (Phi) is 46.0. The number of hydrogen-bond acceptors (Lipinski definition) is 7. The number of esters is 1. The number of phosphoric acid groups is 1. The summed E-state index contributed by atoms with van der Waals surface area (Å²) in [4.78, 5) is 39.8. The summed E-state index contributed by atoms with van der Waals surface area (Å²) in [5.41, 5.74) is 0. The summed E-state index contributed by atoms with van der Waals surface area (Å²) in [7, 11) is 1.13. The Balaban J connectivity index is 5.51. The molecule has 394 valence electrons. The van der Waals surface area contributed by atoms with Gasteiger partial charge < -0.3 is 28.5 Å². The average Bonchev–Trinajstić information content (AvgIpc) is 3.31. The highest BCUT2D eigenvalue weighted by molar-refractivity contribution is 7.45. The Morgan fingerprint density at radius 1 is 0.536 bits per heavy atom. The zero-order chi connectivity index (χ0) is 50.8. The number of phosphoric ester groups is 1.